The first-order valence-electron chi connectivity index (χ1n) is 7.73. The second-order valence-electron chi connectivity index (χ2n) is 6.30. The second-order valence-corrected chi connectivity index (χ2v) is 6.30. The summed E-state index contributed by atoms with van der Waals surface area (Å²) in [5.41, 5.74) is 7.27. The molecule has 1 aromatic rings. The highest BCUT2D eigenvalue weighted by Crippen LogP contribution is 2.29. The molecule has 0 aliphatic heterocycles. The van der Waals surface area contributed by atoms with Gasteiger partial charge in [-0.15, -0.1) is 0 Å². The normalized spacial score (nSPS) is 18.4. The van der Waals surface area contributed by atoms with E-state index in [9.17, 15) is 0 Å². The fourth-order valence-corrected chi connectivity index (χ4v) is 2.76. The van der Waals surface area contributed by atoms with Crippen LogP contribution in [0.4, 0.5) is 0 Å². The monoisotopic (exact) mass is 276 g/mol. The van der Waals surface area contributed by atoms with Crippen LogP contribution in [-0.4, -0.2) is 25.7 Å². The molecule has 1 aromatic carbocycles. The van der Waals surface area contributed by atoms with Crippen LogP contribution in [0.25, 0.3) is 0 Å². The van der Waals surface area contributed by atoms with Gasteiger partial charge in [-0.05, 0) is 49.9 Å². The summed E-state index contributed by atoms with van der Waals surface area (Å²) in [4.78, 5) is 0. The van der Waals surface area contributed by atoms with Crippen LogP contribution in [0.15, 0.2) is 24.3 Å². The SMILES string of the molecule is COc1ccc(CC(C)(CN)NCCC2CCC2)cc1. The Morgan fingerprint density at radius 2 is 2.00 bits per heavy atom. The molecule has 0 saturated heterocycles. The molecule has 0 radical (unpaired) electrons. The summed E-state index contributed by atoms with van der Waals surface area (Å²) in [7, 11) is 1.70. The molecule has 0 heterocycles. The van der Waals surface area contributed by atoms with Crippen molar-refractivity contribution in [3.8, 4) is 5.75 Å². The van der Waals surface area contributed by atoms with E-state index in [2.05, 4.69) is 24.4 Å². The van der Waals surface area contributed by atoms with Crippen molar-refractivity contribution in [1.29, 1.82) is 0 Å². The lowest BCUT2D eigenvalue weighted by Crippen LogP contribution is -2.51. The molecule has 0 amide bonds. The van der Waals surface area contributed by atoms with Crippen LogP contribution in [0.5, 0.6) is 5.75 Å². The Bertz CT molecular complexity index is 400. The Labute approximate surface area is 122 Å². The van der Waals surface area contributed by atoms with E-state index in [1.807, 2.05) is 12.1 Å². The Hall–Kier alpha value is -1.06. The third-order valence-electron chi connectivity index (χ3n) is 4.53. The van der Waals surface area contributed by atoms with Gasteiger partial charge >= 0.3 is 0 Å². The maximum Gasteiger partial charge on any atom is 0.118 e. The average Bonchev–Trinajstić information content (AvgIpc) is 2.42. The van der Waals surface area contributed by atoms with Gasteiger partial charge < -0.3 is 15.8 Å². The van der Waals surface area contributed by atoms with E-state index in [1.54, 1.807) is 7.11 Å². The molecule has 1 aliphatic rings. The number of ether oxygens (including phenoxy) is 1. The number of methoxy groups -OCH3 is 1. The molecule has 1 aliphatic carbocycles. The smallest absolute Gasteiger partial charge is 0.118 e. The number of nitrogens with two attached hydrogens (primary N) is 1. The van der Waals surface area contributed by atoms with Gasteiger partial charge in [-0.25, -0.2) is 0 Å². The number of nitrogens with one attached hydrogen (secondary N) is 1. The lowest BCUT2D eigenvalue weighted by molar-refractivity contribution is 0.270. The van der Waals surface area contributed by atoms with Crippen molar-refractivity contribution in [3.63, 3.8) is 0 Å². The highest BCUT2D eigenvalue weighted by molar-refractivity contribution is 5.28. The van der Waals surface area contributed by atoms with Gasteiger partial charge in [-0.1, -0.05) is 31.4 Å². The molecule has 2 rings (SSSR count). The molecule has 3 nitrogen and oxygen atoms in total. The molecule has 0 spiro atoms. The molecule has 0 aromatic heterocycles. The van der Waals surface area contributed by atoms with Gasteiger partial charge in [0.25, 0.3) is 0 Å². The zero-order valence-electron chi connectivity index (χ0n) is 12.8. The van der Waals surface area contributed by atoms with Gasteiger partial charge in [0.1, 0.15) is 5.75 Å². The van der Waals surface area contributed by atoms with Crippen molar-refractivity contribution in [2.24, 2.45) is 11.7 Å². The average molecular weight is 276 g/mol. The minimum Gasteiger partial charge on any atom is -0.497 e. The highest BCUT2D eigenvalue weighted by Gasteiger charge is 2.23. The Morgan fingerprint density at radius 1 is 1.30 bits per heavy atom. The maximum absolute atomic E-state index is 5.99. The van der Waals surface area contributed by atoms with Crippen LogP contribution in [-0.2, 0) is 6.42 Å². The van der Waals surface area contributed by atoms with Crippen molar-refractivity contribution < 1.29 is 4.74 Å². The largest absolute Gasteiger partial charge is 0.497 e. The Morgan fingerprint density at radius 3 is 2.50 bits per heavy atom. The van der Waals surface area contributed by atoms with Crippen molar-refractivity contribution in [1.82, 2.24) is 5.32 Å². The van der Waals surface area contributed by atoms with E-state index in [4.69, 9.17) is 10.5 Å². The van der Waals surface area contributed by atoms with Gasteiger partial charge in [0, 0.05) is 12.1 Å². The first-order chi connectivity index (χ1) is 9.65. The molecule has 1 fully saturated rings. The second kappa shape index (κ2) is 7.09. The number of hydrogen-bond acceptors (Lipinski definition) is 3. The molecular weight excluding hydrogens is 248 g/mol. The van der Waals surface area contributed by atoms with Gasteiger partial charge in [-0.3, -0.25) is 0 Å². The minimum absolute atomic E-state index is 0.0155. The summed E-state index contributed by atoms with van der Waals surface area (Å²) in [6.07, 6.45) is 6.50. The summed E-state index contributed by atoms with van der Waals surface area (Å²) in [6.45, 7) is 3.95. The summed E-state index contributed by atoms with van der Waals surface area (Å²) >= 11 is 0. The van der Waals surface area contributed by atoms with Crippen LogP contribution in [0.1, 0.15) is 38.2 Å². The van der Waals surface area contributed by atoms with E-state index in [0.717, 1.165) is 24.6 Å². The quantitative estimate of drug-likeness (QED) is 0.767. The fourth-order valence-electron chi connectivity index (χ4n) is 2.76. The van der Waals surface area contributed by atoms with E-state index >= 15 is 0 Å². The predicted molar refractivity (Wildman–Crippen MR) is 84.1 cm³/mol. The fraction of sp³-hybridized carbons (Fsp3) is 0.647. The minimum atomic E-state index is -0.0155. The third-order valence-corrected chi connectivity index (χ3v) is 4.53. The summed E-state index contributed by atoms with van der Waals surface area (Å²) in [5.74, 6) is 1.85. The van der Waals surface area contributed by atoms with Crippen molar-refractivity contribution in [2.45, 2.75) is 44.6 Å². The topological polar surface area (TPSA) is 47.3 Å². The summed E-state index contributed by atoms with van der Waals surface area (Å²) in [5, 5.41) is 3.67. The summed E-state index contributed by atoms with van der Waals surface area (Å²) < 4.78 is 5.20. The van der Waals surface area contributed by atoms with E-state index in [-0.39, 0.29) is 5.54 Å². The Kier molecular flexibility index (Phi) is 5.44. The number of hydrogen-bond donors (Lipinski definition) is 2. The van der Waals surface area contributed by atoms with Gasteiger partial charge in [0.05, 0.1) is 7.11 Å². The molecule has 1 saturated carbocycles. The molecule has 112 valence electrons. The van der Waals surface area contributed by atoms with Crippen LogP contribution in [0.2, 0.25) is 0 Å². The first-order valence-corrected chi connectivity index (χ1v) is 7.73. The molecular formula is C17H28N2O. The van der Waals surface area contributed by atoms with Gasteiger partial charge in [0.2, 0.25) is 0 Å². The maximum atomic E-state index is 5.99. The number of rotatable bonds is 8. The number of benzene rings is 1. The summed E-state index contributed by atoms with van der Waals surface area (Å²) in [6, 6.07) is 8.28. The third kappa shape index (κ3) is 4.22. The zero-order valence-corrected chi connectivity index (χ0v) is 12.8. The molecule has 20 heavy (non-hydrogen) atoms. The van der Waals surface area contributed by atoms with Crippen LogP contribution in [0, 0.1) is 5.92 Å². The van der Waals surface area contributed by atoms with Gasteiger partial charge in [0.15, 0.2) is 0 Å². The van der Waals surface area contributed by atoms with Crippen molar-refractivity contribution >= 4 is 0 Å². The predicted octanol–water partition coefficient (Wildman–Crippen LogP) is 2.73. The highest BCUT2D eigenvalue weighted by atomic mass is 16.5. The van der Waals surface area contributed by atoms with E-state index < -0.39 is 0 Å². The van der Waals surface area contributed by atoms with Crippen molar-refractivity contribution in [3.05, 3.63) is 29.8 Å². The van der Waals surface area contributed by atoms with Gasteiger partial charge in [-0.2, -0.15) is 0 Å². The molecule has 3 heteroatoms. The molecule has 3 N–H and O–H groups in total. The zero-order chi connectivity index (χ0) is 14.4. The van der Waals surface area contributed by atoms with Crippen LogP contribution in [0.3, 0.4) is 0 Å². The Balaban J connectivity index is 1.84. The molecule has 0 bridgehead atoms. The first kappa shape index (κ1) is 15.3. The van der Waals surface area contributed by atoms with E-state index in [0.29, 0.717) is 6.54 Å². The molecule has 1 unspecified atom stereocenters. The van der Waals surface area contributed by atoms with E-state index in [1.165, 1.54) is 31.2 Å². The molecule has 1 atom stereocenters. The van der Waals surface area contributed by atoms with Crippen LogP contribution >= 0.6 is 0 Å². The lowest BCUT2D eigenvalue weighted by Gasteiger charge is -2.32. The lowest BCUT2D eigenvalue weighted by atomic mass is 9.82. The van der Waals surface area contributed by atoms with Crippen molar-refractivity contribution in [2.75, 3.05) is 20.2 Å². The standard InChI is InChI=1S/C17H28N2O/c1-17(13-18,19-11-10-14-4-3-5-14)12-15-6-8-16(20-2)9-7-15/h6-9,14,19H,3-5,10-13,18H2,1-2H3. The van der Waals surface area contributed by atoms with Crippen LogP contribution < -0.4 is 15.8 Å².